The summed E-state index contributed by atoms with van der Waals surface area (Å²) in [5, 5.41) is 9.25. The van der Waals surface area contributed by atoms with Gasteiger partial charge in [0.1, 0.15) is 0 Å². The van der Waals surface area contributed by atoms with Gasteiger partial charge in [0, 0.05) is 17.8 Å². The molecule has 104 valence electrons. The molecule has 0 saturated heterocycles. The van der Waals surface area contributed by atoms with Crippen molar-refractivity contribution in [3.63, 3.8) is 0 Å². The second-order valence-electron chi connectivity index (χ2n) is 5.17. The van der Waals surface area contributed by atoms with Crippen molar-refractivity contribution in [2.75, 3.05) is 11.9 Å². The predicted octanol–water partition coefficient (Wildman–Crippen LogP) is 3.03. The molecule has 4 nitrogen and oxygen atoms in total. The van der Waals surface area contributed by atoms with Crippen LogP contribution in [0.4, 0.5) is 10.5 Å². The van der Waals surface area contributed by atoms with Crippen molar-refractivity contribution in [1.82, 2.24) is 10.6 Å². The van der Waals surface area contributed by atoms with E-state index in [0.29, 0.717) is 12.1 Å². The van der Waals surface area contributed by atoms with E-state index in [1.165, 1.54) is 5.56 Å². The molecule has 1 aliphatic carbocycles. The highest BCUT2D eigenvalue weighted by Crippen LogP contribution is 2.20. The van der Waals surface area contributed by atoms with Gasteiger partial charge >= 0.3 is 6.03 Å². The molecule has 1 aromatic carbocycles. The maximum Gasteiger partial charge on any atom is 0.319 e. The molecule has 2 rings (SSSR count). The summed E-state index contributed by atoms with van der Waals surface area (Å²) in [6, 6.07) is 8.58. The number of benzene rings is 1. The van der Waals surface area contributed by atoms with Crippen LogP contribution >= 0.6 is 0 Å². The van der Waals surface area contributed by atoms with Crippen LogP contribution in [0.3, 0.4) is 0 Å². The lowest BCUT2D eigenvalue weighted by Gasteiger charge is -2.15. The van der Waals surface area contributed by atoms with Crippen LogP contribution in [0, 0.1) is 0 Å². The van der Waals surface area contributed by atoms with Crippen molar-refractivity contribution in [3.8, 4) is 0 Å². The highest BCUT2D eigenvalue weighted by molar-refractivity contribution is 5.89. The Balaban J connectivity index is 1.91. The van der Waals surface area contributed by atoms with Gasteiger partial charge in [-0.2, -0.15) is 0 Å². The monoisotopic (exact) mass is 261 g/mol. The van der Waals surface area contributed by atoms with E-state index in [1.807, 2.05) is 18.2 Å². The molecule has 0 bridgehead atoms. The second-order valence-corrected chi connectivity index (χ2v) is 5.17. The number of rotatable bonds is 6. The van der Waals surface area contributed by atoms with Gasteiger partial charge in [0.25, 0.3) is 0 Å². The van der Waals surface area contributed by atoms with Crippen molar-refractivity contribution in [2.45, 2.75) is 45.2 Å². The van der Waals surface area contributed by atoms with Gasteiger partial charge < -0.3 is 16.0 Å². The van der Waals surface area contributed by atoms with Gasteiger partial charge in [0.05, 0.1) is 0 Å². The largest absolute Gasteiger partial charge is 0.335 e. The molecule has 2 amide bonds. The zero-order valence-corrected chi connectivity index (χ0v) is 11.7. The van der Waals surface area contributed by atoms with Gasteiger partial charge in [0.15, 0.2) is 0 Å². The van der Waals surface area contributed by atoms with Crippen molar-refractivity contribution < 1.29 is 4.79 Å². The molecular formula is C15H23N3O. The first-order chi connectivity index (χ1) is 9.19. The lowest BCUT2D eigenvalue weighted by Crippen LogP contribution is -2.30. The van der Waals surface area contributed by atoms with Crippen molar-refractivity contribution in [1.29, 1.82) is 0 Å². The van der Waals surface area contributed by atoms with E-state index in [9.17, 15) is 4.79 Å². The smallest absolute Gasteiger partial charge is 0.319 e. The molecular weight excluding hydrogens is 238 g/mol. The third kappa shape index (κ3) is 4.56. The Labute approximate surface area is 115 Å². The molecule has 4 heteroatoms. The highest BCUT2D eigenvalue weighted by Gasteiger charge is 2.23. The number of amides is 2. The third-order valence-electron chi connectivity index (χ3n) is 3.26. The van der Waals surface area contributed by atoms with Crippen LogP contribution in [0.1, 0.15) is 44.7 Å². The van der Waals surface area contributed by atoms with Crippen LogP contribution in [0.25, 0.3) is 0 Å². The molecule has 0 radical (unpaired) electrons. The Morgan fingerprint density at radius 2 is 2.21 bits per heavy atom. The van der Waals surface area contributed by atoms with Gasteiger partial charge in [-0.15, -0.1) is 0 Å². The quantitative estimate of drug-likeness (QED) is 0.737. The lowest BCUT2D eigenvalue weighted by molar-refractivity contribution is 0.251. The fourth-order valence-corrected chi connectivity index (χ4v) is 1.94. The minimum Gasteiger partial charge on any atom is -0.335 e. The van der Waals surface area contributed by atoms with Crippen molar-refractivity contribution in [3.05, 3.63) is 29.8 Å². The molecule has 1 unspecified atom stereocenters. The van der Waals surface area contributed by atoms with Gasteiger partial charge in [-0.05, 0) is 50.4 Å². The molecule has 1 atom stereocenters. The van der Waals surface area contributed by atoms with E-state index < -0.39 is 0 Å². The molecule has 1 saturated carbocycles. The summed E-state index contributed by atoms with van der Waals surface area (Å²) in [7, 11) is 0. The van der Waals surface area contributed by atoms with Gasteiger partial charge in [0.2, 0.25) is 0 Å². The molecule has 19 heavy (non-hydrogen) atoms. The fourth-order valence-electron chi connectivity index (χ4n) is 1.94. The normalized spacial score (nSPS) is 15.9. The number of anilines is 1. The molecule has 3 N–H and O–H groups in total. The number of hydrogen-bond donors (Lipinski definition) is 3. The van der Waals surface area contributed by atoms with E-state index in [2.05, 4.69) is 35.9 Å². The average molecular weight is 261 g/mol. The summed E-state index contributed by atoms with van der Waals surface area (Å²) in [6.45, 7) is 5.29. The van der Waals surface area contributed by atoms with Crippen LogP contribution < -0.4 is 16.0 Å². The number of hydrogen-bond acceptors (Lipinski definition) is 2. The van der Waals surface area contributed by atoms with Crippen molar-refractivity contribution in [2.24, 2.45) is 0 Å². The summed E-state index contributed by atoms with van der Waals surface area (Å²) in [4.78, 5) is 11.7. The molecule has 1 aliphatic rings. The highest BCUT2D eigenvalue weighted by atomic mass is 16.2. The minimum atomic E-state index is -0.103. The Bertz CT molecular complexity index is 429. The Morgan fingerprint density at radius 3 is 2.89 bits per heavy atom. The maximum absolute atomic E-state index is 11.7. The summed E-state index contributed by atoms with van der Waals surface area (Å²) >= 11 is 0. The number of urea groups is 1. The van der Waals surface area contributed by atoms with E-state index >= 15 is 0 Å². The van der Waals surface area contributed by atoms with Crippen LogP contribution in [-0.4, -0.2) is 18.6 Å². The lowest BCUT2D eigenvalue weighted by atomic mass is 10.1. The molecule has 0 heterocycles. The van der Waals surface area contributed by atoms with E-state index in [1.54, 1.807) is 0 Å². The standard InChI is InChI=1S/C15H23N3O/c1-3-9-16-11(2)12-5-4-6-14(10-12)18-15(19)17-13-7-8-13/h4-6,10-11,13,16H,3,7-9H2,1-2H3,(H2,17,18,19). The molecule has 1 fully saturated rings. The Morgan fingerprint density at radius 1 is 1.42 bits per heavy atom. The first-order valence-corrected chi connectivity index (χ1v) is 7.10. The average Bonchev–Trinajstić information content (AvgIpc) is 3.20. The molecule has 0 spiro atoms. The zero-order chi connectivity index (χ0) is 13.7. The summed E-state index contributed by atoms with van der Waals surface area (Å²) in [6.07, 6.45) is 3.32. The number of carbonyl (C=O) groups excluding carboxylic acids is 1. The van der Waals surface area contributed by atoms with Gasteiger partial charge in [-0.25, -0.2) is 4.79 Å². The minimum absolute atomic E-state index is 0.103. The fraction of sp³-hybridized carbons (Fsp3) is 0.533. The van der Waals surface area contributed by atoms with Gasteiger partial charge in [-0.3, -0.25) is 0 Å². The number of nitrogens with one attached hydrogen (secondary N) is 3. The second kappa shape index (κ2) is 6.57. The van der Waals surface area contributed by atoms with Crippen LogP contribution in [0.15, 0.2) is 24.3 Å². The van der Waals surface area contributed by atoms with Crippen molar-refractivity contribution >= 4 is 11.7 Å². The van der Waals surface area contributed by atoms with Crippen LogP contribution in [0.5, 0.6) is 0 Å². The first-order valence-electron chi connectivity index (χ1n) is 7.10. The zero-order valence-electron chi connectivity index (χ0n) is 11.7. The third-order valence-corrected chi connectivity index (χ3v) is 3.26. The maximum atomic E-state index is 11.7. The predicted molar refractivity (Wildman–Crippen MR) is 78.3 cm³/mol. The van der Waals surface area contributed by atoms with E-state index in [0.717, 1.165) is 31.5 Å². The number of carbonyl (C=O) groups is 1. The summed E-state index contributed by atoms with van der Waals surface area (Å²) in [5.74, 6) is 0. The summed E-state index contributed by atoms with van der Waals surface area (Å²) < 4.78 is 0. The Kier molecular flexibility index (Phi) is 4.80. The molecule has 0 aliphatic heterocycles. The Hall–Kier alpha value is -1.55. The topological polar surface area (TPSA) is 53.2 Å². The van der Waals surface area contributed by atoms with Crippen LogP contribution in [-0.2, 0) is 0 Å². The SMILES string of the molecule is CCCNC(C)c1cccc(NC(=O)NC2CC2)c1. The van der Waals surface area contributed by atoms with Gasteiger partial charge in [-0.1, -0.05) is 19.1 Å². The van der Waals surface area contributed by atoms with Crippen LogP contribution in [0.2, 0.25) is 0 Å². The van der Waals surface area contributed by atoms with E-state index in [4.69, 9.17) is 0 Å². The molecule has 1 aromatic rings. The summed E-state index contributed by atoms with van der Waals surface area (Å²) in [5.41, 5.74) is 2.04. The van der Waals surface area contributed by atoms with E-state index in [-0.39, 0.29) is 6.03 Å². The first kappa shape index (κ1) is 13.9. The molecule has 0 aromatic heterocycles.